The number of para-hydroxylation sites is 1. The van der Waals surface area contributed by atoms with E-state index < -0.39 is 11.7 Å². The average Bonchev–Trinajstić information content (AvgIpc) is 2.64. The number of halogens is 4. The number of anilines is 1. The number of rotatable bonds is 3. The predicted octanol–water partition coefficient (Wildman–Crippen LogP) is 4.71. The third-order valence-corrected chi connectivity index (χ3v) is 4.79. The molecule has 0 aliphatic carbocycles. The van der Waals surface area contributed by atoms with E-state index in [1.165, 1.54) is 12.1 Å². The monoisotopic (exact) mass is 397 g/mol. The number of urea groups is 1. The fourth-order valence-corrected chi connectivity index (χ4v) is 3.11. The second-order valence-electron chi connectivity index (χ2n) is 6.37. The second-order valence-corrected chi connectivity index (χ2v) is 6.78. The summed E-state index contributed by atoms with van der Waals surface area (Å²) in [6.07, 6.45) is -4.32. The molecule has 4 nitrogen and oxygen atoms in total. The van der Waals surface area contributed by atoms with Crippen LogP contribution in [-0.2, 0) is 12.7 Å². The number of benzene rings is 2. The van der Waals surface area contributed by atoms with E-state index in [0.29, 0.717) is 43.4 Å². The third kappa shape index (κ3) is 5.14. The van der Waals surface area contributed by atoms with Crippen LogP contribution in [0.15, 0.2) is 48.5 Å². The van der Waals surface area contributed by atoms with Crippen LogP contribution in [0.3, 0.4) is 0 Å². The molecule has 1 heterocycles. The highest BCUT2D eigenvalue weighted by molar-refractivity contribution is 6.33. The molecule has 1 saturated heterocycles. The maximum Gasteiger partial charge on any atom is 0.416 e. The van der Waals surface area contributed by atoms with Crippen molar-refractivity contribution in [3.05, 3.63) is 64.7 Å². The Balaban J connectivity index is 1.50. The molecule has 0 radical (unpaired) electrons. The van der Waals surface area contributed by atoms with E-state index in [1.807, 2.05) is 0 Å². The summed E-state index contributed by atoms with van der Waals surface area (Å²) in [5.41, 5.74) is 0.737. The zero-order chi connectivity index (χ0) is 19.4. The molecule has 1 aliphatic heterocycles. The molecule has 2 aromatic rings. The highest BCUT2D eigenvalue weighted by Crippen LogP contribution is 2.29. The van der Waals surface area contributed by atoms with Gasteiger partial charge in [0.15, 0.2) is 0 Å². The van der Waals surface area contributed by atoms with Crippen molar-refractivity contribution in [3.63, 3.8) is 0 Å². The molecule has 0 saturated carbocycles. The van der Waals surface area contributed by atoms with Crippen LogP contribution in [0.25, 0.3) is 0 Å². The van der Waals surface area contributed by atoms with E-state index >= 15 is 0 Å². The highest BCUT2D eigenvalue weighted by Gasteiger charge is 2.30. The Bertz CT molecular complexity index is 788. The maximum absolute atomic E-state index is 12.6. The first-order valence-corrected chi connectivity index (χ1v) is 8.90. The lowest BCUT2D eigenvalue weighted by atomic mass is 10.1. The topological polar surface area (TPSA) is 35.6 Å². The van der Waals surface area contributed by atoms with Gasteiger partial charge in [0.25, 0.3) is 0 Å². The summed E-state index contributed by atoms with van der Waals surface area (Å²) in [4.78, 5) is 16.2. The maximum atomic E-state index is 12.6. The molecule has 0 spiro atoms. The molecule has 1 N–H and O–H groups in total. The zero-order valence-corrected chi connectivity index (χ0v) is 15.2. The van der Waals surface area contributed by atoms with Gasteiger partial charge in [-0.15, -0.1) is 0 Å². The number of carbonyl (C=O) groups excluding carboxylic acids is 1. The molecule has 0 atom stereocenters. The van der Waals surface area contributed by atoms with E-state index in [0.717, 1.165) is 17.7 Å². The van der Waals surface area contributed by atoms with Crippen molar-refractivity contribution >= 4 is 23.3 Å². The van der Waals surface area contributed by atoms with Gasteiger partial charge in [-0.1, -0.05) is 35.9 Å². The third-order valence-electron chi connectivity index (χ3n) is 4.46. The molecular weight excluding hydrogens is 379 g/mol. The van der Waals surface area contributed by atoms with E-state index in [9.17, 15) is 18.0 Å². The van der Waals surface area contributed by atoms with Crippen LogP contribution in [-0.4, -0.2) is 42.0 Å². The highest BCUT2D eigenvalue weighted by atomic mass is 35.5. The Kier molecular flexibility index (Phi) is 5.92. The van der Waals surface area contributed by atoms with Crippen LogP contribution in [0.5, 0.6) is 0 Å². The molecule has 0 unspecified atom stereocenters. The first-order valence-electron chi connectivity index (χ1n) is 8.52. The number of nitrogens with zero attached hydrogens (tertiary/aromatic N) is 2. The molecule has 3 rings (SSSR count). The van der Waals surface area contributed by atoms with Crippen LogP contribution >= 0.6 is 11.6 Å². The number of carbonyl (C=O) groups is 1. The Morgan fingerprint density at radius 2 is 1.63 bits per heavy atom. The lowest BCUT2D eigenvalue weighted by Gasteiger charge is -2.34. The molecule has 1 fully saturated rings. The summed E-state index contributed by atoms with van der Waals surface area (Å²) < 4.78 is 37.8. The molecule has 0 aromatic heterocycles. The summed E-state index contributed by atoms with van der Waals surface area (Å²) in [7, 11) is 0. The minimum absolute atomic E-state index is 0.211. The molecule has 2 amide bonds. The van der Waals surface area contributed by atoms with Gasteiger partial charge in [-0.25, -0.2) is 4.79 Å². The Hall–Kier alpha value is -2.25. The minimum atomic E-state index is -4.32. The molecule has 144 valence electrons. The summed E-state index contributed by atoms with van der Waals surface area (Å²) in [6.45, 7) is 2.93. The SMILES string of the molecule is O=C(Nc1ccccc1Cl)N1CCN(Cc2ccc(C(F)(F)F)cc2)CC1. The summed E-state index contributed by atoms with van der Waals surface area (Å²) >= 11 is 6.05. The van der Waals surface area contributed by atoms with Gasteiger partial charge in [0.2, 0.25) is 0 Å². The van der Waals surface area contributed by atoms with Gasteiger partial charge in [-0.3, -0.25) is 4.90 Å². The van der Waals surface area contributed by atoms with Crippen LogP contribution in [0.2, 0.25) is 5.02 Å². The van der Waals surface area contributed by atoms with Crippen LogP contribution in [0, 0.1) is 0 Å². The number of amides is 2. The van der Waals surface area contributed by atoms with Crippen molar-refractivity contribution in [2.75, 3.05) is 31.5 Å². The Labute approximate surface area is 160 Å². The largest absolute Gasteiger partial charge is 0.416 e. The molecule has 0 bridgehead atoms. The average molecular weight is 398 g/mol. The van der Waals surface area contributed by atoms with Gasteiger partial charge in [-0.2, -0.15) is 13.2 Å². The van der Waals surface area contributed by atoms with Crippen LogP contribution in [0.4, 0.5) is 23.7 Å². The molecular formula is C19H19ClF3N3O. The lowest BCUT2D eigenvalue weighted by Crippen LogP contribution is -2.49. The smallest absolute Gasteiger partial charge is 0.322 e. The number of hydrogen-bond donors (Lipinski definition) is 1. The van der Waals surface area contributed by atoms with Crippen molar-refractivity contribution in [1.82, 2.24) is 9.80 Å². The Morgan fingerprint density at radius 3 is 2.22 bits per heavy atom. The molecule has 8 heteroatoms. The fraction of sp³-hybridized carbons (Fsp3) is 0.316. The Morgan fingerprint density at radius 1 is 1.00 bits per heavy atom. The van der Waals surface area contributed by atoms with Crippen LogP contribution in [0.1, 0.15) is 11.1 Å². The summed E-state index contributed by atoms with van der Waals surface area (Å²) in [5, 5.41) is 3.27. The number of piperazine rings is 1. The number of alkyl halides is 3. The van der Waals surface area contributed by atoms with Crippen molar-refractivity contribution < 1.29 is 18.0 Å². The fourth-order valence-electron chi connectivity index (χ4n) is 2.92. The molecule has 2 aromatic carbocycles. The van der Waals surface area contributed by atoms with Crippen molar-refractivity contribution in [1.29, 1.82) is 0 Å². The van der Waals surface area contributed by atoms with Gasteiger partial charge in [0.05, 0.1) is 16.3 Å². The number of hydrogen-bond acceptors (Lipinski definition) is 2. The second kappa shape index (κ2) is 8.19. The zero-order valence-electron chi connectivity index (χ0n) is 14.5. The van der Waals surface area contributed by atoms with Crippen molar-refractivity contribution in [3.8, 4) is 0 Å². The van der Waals surface area contributed by atoms with Gasteiger partial charge < -0.3 is 10.2 Å². The molecule has 27 heavy (non-hydrogen) atoms. The van der Waals surface area contributed by atoms with E-state index in [4.69, 9.17) is 11.6 Å². The van der Waals surface area contributed by atoms with Crippen LogP contribution < -0.4 is 5.32 Å². The van der Waals surface area contributed by atoms with Crippen molar-refractivity contribution in [2.45, 2.75) is 12.7 Å². The first kappa shape index (κ1) is 19.5. The van der Waals surface area contributed by atoms with Gasteiger partial charge >= 0.3 is 12.2 Å². The van der Waals surface area contributed by atoms with Gasteiger partial charge in [0, 0.05) is 32.7 Å². The lowest BCUT2D eigenvalue weighted by molar-refractivity contribution is -0.137. The van der Waals surface area contributed by atoms with Gasteiger partial charge in [0.1, 0.15) is 0 Å². The quantitative estimate of drug-likeness (QED) is 0.814. The predicted molar refractivity (Wildman–Crippen MR) is 98.8 cm³/mol. The van der Waals surface area contributed by atoms with E-state index in [2.05, 4.69) is 10.2 Å². The van der Waals surface area contributed by atoms with Gasteiger partial charge in [-0.05, 0) is 29.8 Å². The summed E-state index contributed by atoms with van der Waals surface area (Å²) in [6, 6.07) is 12.0. The first-order chi connectivity index (χ1) is 12.8. The number of nitrogens with one attached hydrogen (secondary N) is 1. The standard InChI is InChI=1S/C19H19ClF3N3O/c20-16-3-1-2-4-17(16)24-18(27)26-11-9-25(10-12-26)13-14-5-7-15(8-6-14)19(21,22)23/h1-8H,9-13H2,(H,24,27). The van der Waals surface area contributed by atoms with E-state index in [-0.39, 0.29) is 6.03 Å². The normalized spacial score (nSPS) is 15.6. The van der Waals surface area contributed by atoms with E-state index in [1.54, 1.807) is 29.2 Å². The minimum Gasteiger partial charge on any atom is -0.322 e. The molecule has 1 aliphatic rings. The van der Waals surface area contributed by atoms with Crippen molar-refractivity contribution in [2.24, 2.45) is 0 Å². The summed E-state index contributed by atoms with van der Waals surface area (Å²) in [5.74, 6) is 0.